The summed E-state index contributed by atoms with van der Waals surface area (Å²) in [5.41, 5.74) is 1.89. The van der Waals surface area contributed by atoms with E-state index in [0.717, 1.165) is 11.1 Å². The van der Waals surface area contributed by atoms with Gasteiger partial charge in [0.15, 0.2) is 0 Å². The predicted molar refractivity (Wildman–Crippen MR) is 155 cm³/mol. The number of imide groups is 1. The molecular formula is C32H34ClN3O4. The maximum absolute atomic E-state index is 13.8. The molecule has 40 heavy (non-hydrogen) atoms. The summed E-state index contributed by atoms with van der Waals surface area (Å²) in [5.74, 6) is -1.24. The van der Waals surface area contributed by atoms with Crippen molar-refractivity contribution in [3.05, 3.63) is 106 Å². The van der Waals surface area contributed by atoms with E-state index in [9.17, 15) is 19.2 Å². The molecule has 4 amide bonds. The van der Waals surface area contributed by atoms with Crippen LogP contribution in [0.5, 0.6) is 0 Å². The highest BCUT2D eigenvalue weighted by atomic mass is 35.5. The number of carbonyl (C=O) groups excluding carboxylic acids is 4. The molecule has 1 atom stereocenters. The van der Waals surface area contributed by atoms with Crippen molar-refractivity contribution in [2.24, 2.45) is 0 Å². The van der Waals surface area contributed by atoms with Crippen molar-refractivity contribution in [3.63, 3.8) is 0 Å². The van der Waals surface area contributed by atoms with Gasteiger partial charge in [-0.2, -0.15) is 0 Å². The molecule has 0 saturated carbocycles. The molecule has 0 aliphatic carbocycles. The molecule has 1 N–H and O–H groups in total. The van der Waals surface area contributed by atoms with E-state index < -0.39 is 11.6 Å². The lowest BCUT2D eigenvalue weighted by Gasteiger charge is -2.34. The number of carbonyl (C=O) groups is 4. The first kappa shape index (κ1) is 29.0. The highest BCUT2D eigenvalue weighted by Crippen LogP contribution is 2.24. The van der Waals surface area contributed by atoms with E-state index in [1.54, 1.807) is 35.2 Å². The van der Waals surface area contributed by atoms with Gasteiger partial charge in [0.1, 0.15) is 6.04 Å². The second-order valence-electron chi connectivity index (χ2n) is 11.0. The molecular weight excluding hydrogens is 526 g/mol. The summed E-state index contributed by atoms with van der Waals surface area (Å²) in [6, 6.07) is 22.7. The number of halogens is 1. The summed E-state index contributed by atoms with van der Waals surface area (Å²) in [4.78, 5) is 55.8. The Kier molecular flexibility index (Phi) is 9.05. The Morgan fingerprint density at radius 3 is 2.05 bits per heavy atom. The Morgan fingerprint density at radius 2 is 1.45 bits per heavy atom. The number of hydrogen-bond acceptors (Lipinski definition) is 4. The van der Waals surface area contributed by atoms with Crippen LogP contribution in [0.1, 0.15) is 65.5 Å². The zero-order valence-electron chi connectivity index (χ0n) is 23.0. The number of benzene rings is 3. The van der Waals surface area contributed by atoms with Crippen molar-refractivity contribution in [2.45, 2.75) is 58.2 Å². The summed E-state index contributed by atoms with van der Waals surface area (Å²) in [7, 11) is 0. The molecule has 0 aromatic heterocycles. The third-order valence-electron chi connectivity index (χ3n) is 6.72. The molecule has 1 aliphatic heterocycles. The minimum atomic E-state index is -0.801. The lowest BCUT2D eigenvalue weighted by molar-refractivity contribution is -0.142. The number of amides is 4. The molecule has 3 aromatic rings. The van der Waals surface area contributed by atoms with Gasteiger partial charge < -0.3 is 10.2 Å². The first-order valence-electron chi connectivity index (χ1n) is 13.4. The third kappa shape index (κ3) is 6.96. The largest absolute Gasteiger partial charge is 0.350 e. The third-order valence-corrected chi connectivity index (χ3v) is 7.09. The molecule has 7 nitrogen and oxygen atoms in total. The minimum absolute atomic E-state index is 0.0476. The van der Waals surface area contributed by atoms with E-state index >= 15 is 0 Å². The van der Waals surface area contributed by atoms with E-state index in [2.05, 4.69) is 5.32 Å². The van der Waals surface area contributed by atoms with Gasteiger partial charge in [-0.3, -0.25) is 24.1 Å². The van der Waals surface area contributed by atoms with Crippen LogP contribution in [0.3, 0.4) is 0 Å². The number of nitrogens with zero attached hydrogens (tertiary/aromatic N) is 2. The van der Waals surface area contributed by atoms with Crippen LogP contribution in [0.2, 0.25) is 5.02 Å². The zero-order chi connectivity index (χ0) is 28.9. The highest BCUT2D eigenvalue weighted by Gasteiger charge is 2.36. The zero-order valence-corrected chi connectivity index (χ0v) is 23.8. The highest BCUT2D eigenvalue weighted by molar-refractivity contribution is 6.31. The van der Waals surface area contributed by atoms with E-state index in [1.165, 1.54) is 4.90 Å². The summed E-state index contributed by atoms with van der Waals surface area (Å²) in [6.07, 6.45) is 0.631. The average Bonchev–Trinajstić information content (AvgIpc) is 3.16. The predicted octanol–water partition coefficient (Wildman–Crippen LogP) is 5.27. The summed E-state index contributed by atoms with van der Waals surface area (Å²) >= 11 is 6.47. The topological polar surface area (TPSA) is 86.8 Å². The van der Waals surface area contributed by atoms with E-state index in [4.69, 9.17) is 11.6 Å². The van der Waals surface area contributed by atoms with Gasteiger partial charge in [-0.05, 0) is 56.5 Å². The van der Waals surface area contributed by atoms with Crippen molar-refractivity contribution in [2.75, 3.05) is 6.54 Å². The van der Waals surface area contributed by atoms with Gasteiger partial charge in [0, 0.05) is 36.5 Å². The SMILES string of the molecule is CC(C)(C)NC(=O)[C@@H](Cc1ccccc1)N(Cc1ccccc1Cl)C(=O)CCCN1C(=O)c2ccccc2C1=O. The molecule has 0 spiro atoms. The second-order valence-corrected chi connectivity index (χ2v) is 11.4. The number of hydrogen-bond donors (Lipinski definition) is 1. The Hall–Kier alpha value is -3.97. The van der Waals surface area contributed by atoms with Crippen molar-refractivity contribution in [1.82, 2.24) is 15.1 Å². The first-order valence-corrected chi connectivity index (χ1v) is 13.8. The summed E-state index contributed by atoms with van der Waals surface area (Å²) < 4.78 is 0. The molecule has 1 heterocycles. The standard InChI is InChI=1S/C32H34ClN3O4/c1-32(2,3)34-29(38)27(20-22-12-5-4-6-13-22)36(21-23-14-7-10-17-26(23)33)28(37)18-11-19-35-30(39)24-15-8-9-16-25(24)31(35)40/h4-10,12-17,27H,11,18-21H2,1-3H3,(H,34,38)/t27-/m1/s1. The fourth-order valence-corrected chi connectivity index (χ4v) is 4.99. The molecule has 8 heteroatoms. The fraction of sp³-hybridized carbons (Fsp3) is 0.312. The van der Waals surface area contributed by atoms with Crippen LogP contribution in [0, 0.1) is 0 Å². The minimum Gasteiger partial charge on any atom is -0.350 e. The van der Waals surface area contributed by atoms with Crippen molar-refractivity contribution >= 4 is 35.2 Å². The van der Waals surface area contributed by atoms with Crippen LogP contribution in [-0.2, 0) is 22.6 Å². The van der Waals surface area contributed by atoms with Crippen LogP contribution in [0.4, 0.5) is 0 Å². The van der Waals surface area contributed by atoms with Crippen LogP contribution in [0.25, 0.3) is 0 Å². The van der Waals surface area contributed by atoms with Crippen LogP contribution >= 0.6 is 11.6 Å². The van der Waals surface area contributed by atoms with Crippen LogP contribution < -0.4 is 5.32 Å². The molecule has 0 unspecified atom stereocenters. The molecule has 3 aromatic carbocycles. The van der Waals surface area contributed by atoms with E-state index in [1.807, 2.05) is 69.3 Å². The number of nitrogens with one attached hydrogen (secondary N) is 1. The number of rotatable bonds is 10. The van der Waals surface area contributed by atoms with E-state index in [-0.39, 0.29) is 49.6 Å². The molecule has 0 fully saturated rings. The van der Waals surface area contributed by atoms with Gasteiger partial charge in [0.2, 0.25) is 11.8 Å². The van der Waals surface area contributed by atoms with Crippen LogP contribution in [0.15, 0.2) is 78.9 Å². The molecule has 0 saturated heterocycles. The summed E-state index contributed by atoms with van der Waals surface area (Å²) in [6.45, 7) is 5.93. The van der Waals surface area contributed by atoms with Gasteiger partial charge in [-0.25, -0.2) is 0 Å². The Bertz CT molecular complexity index is 1370. The van der Waals surface area contributed by atoms with Crippen molar-refractivity contribution in [1.29, 1.82) is 0 Å². The monoisotopic (exact) mass is 559 g/mol. The van der Waals surface area contributed by atoms with Crippen molar-refractivity contribution < 1.29 is 19.2 Å². The fourth-order valence-electron chi connectivity index (χ4n) is 4.79. The van der Waals surface area contributed by atoms with Gasteiger partial charge in [0.05, 0.1) is 11.1 Å². The van der Waals surface area contributed by atoms with Gasteiger partial charge in [-0.15, -0.1) is 0 Å². The second kappa shape index (κ2) is 12.5. The molecule has 208 valence electrons. The van der Waals surface area contributed by atoms with E-state index in [0.29, 0.717) is 22.6 Å². The summed E-state index contributed by atoms with van der Waals surface area (Å²) in [5, 5.41) is 3.54. The maximum Gasteiger partial charge on any atom is 0.261 e. The van der Waals surface area contributed by atoms with Crippen LogP contribution in [-0.4, -0.2) is 51.6 Å². The lowest BCUT2D eigenvalue weighted by atomic mass is 10.00. The Labute approximate surface area is 240 Å². The maximum atomic E-state index is 13.8. The average molecular weight is 560 g/mol. The first-order chi connectivity index (χ1) is 19.0. The number of fused-ring (bicyclic) bond motifs is 1. The quantitative estimate of drug-likeness (QED) is 0.343. The van der Waals surface area contributed by atoms with Gasteiger partial charge in [0.25, 0.3) is 11.8 Å². The molecule has 0 radical (unpaired) electrons. The lowest BCUT2D eigenvalue weighted by Crippen LogP contribution is -2.54. The van der Waals surface area contributed by atoms with Crippen molar-refractivity contribution in [3.8, 4) is 0 Å². The Morgan fingerprint density at radius 1 is 0.875 bits per heavy atom. The van der Waals surface area contributed by atoms with Gasteiger partial charge in [-0.1, -0.05) is 72.3 Å². The normalized spacial score (nSPS) is 13.7. The molecule has 1 aliphatic rings. The molecule has 4 rings (SSSR count). The molecule has 0 bridgehead atoms. The Balaban J connectivity index is 1.57. The smallest absolute Gasteiger partial charge is 0.261 e. The van der Waals surface area contributed by atoms with Gasteiger partial charge >= 0.3 is 0 Å².